The van der Waals surface area contributed by atoms with Gasteiger partial charge in [0.05, 0.1) is 0 Å². The Morgan fingerprint density at radius 3 is 1.85 bits per heavy atom. The van der Waals surface area contributed by atoms with E-state index in [-0.39, 0.29) is 0 Å². The van der Waals surface area contributed by atoms with Crippen LogP contribution in [0.3, 0.4) is 0 Å². The maximum atomic E-state index is 10.2. The molecule has 2 unspecified atom stereocenters. The van der Waals surface area contributed by atoms with Gasteiger partial charge in [0.15, 0.2) is 12.2 Å². The number of aliphatic hydroxyl groups is 1. The Hall–Kier alpha value is -1.16. The SMILES string of the molecule is O=C(O)C(O)C(OB(O)O)C(=O)O. The molecular weight excluding hydrogens is 187 g/mol. The predicted molar refractivity (Wildman–Crippen MR) is 36.3 cm³/mol. The van der Waals surface area contributed by atoms with Gasteiger partial charge >= 0.3 is 19.3 Å². The molecule has 0 aliphatic carbocycles. The van der Waals surface area contributed by atoms with Crippen molar-refractivity contribution >= 4 is 19.3 Å². The highest BCUT2D eigenvalue weighted by molar-refractivity contribution is 6.33. The lowest BCUT2D eigenvalue weighted by molar-refractivity contribution is -0.165. The van der Waals surface area contributed by atoms with Crippen molar-refractivity contribution < 1.29 is 39.6 Å². The van der Waals surface area contributed by atoms with Crippen LogP contribution >= 0.6 is 0 Å². The van der Waals surface area contributed by atoms with E-state index in [2.05, 4.69) is 4.65 Å². The first-order valence-electron chi connectivity index (χ1n) is 3.01. The van der Waals surface area contributed by atoms with Crippen LogP contribution in [-0.2, 0) is 14.2 Å². The number of aliphatic carboxylic acids is 2. The average Bonchev–Trinajstić information content (AvgIpc) is 1.97. The van der Waals surface area contributed by atoms with E-state index in [1.165, 1.54) is 0 Å². The third-order valence-corrected chi connectivity index (χ3v) is 1.05. The lowest BCUT2D eigenvalue weighted by Crippen LogP contribution is -2.45. The Morgan fingerprint density at radius 2 is 1.62 bits per heavy atom. The molecule has 5 N–H and O–H groups in total. The summed E-state index contributed by atoms with van der Waals surface area (Å²) < 4.78 is 3.82. The summed E-state index contributed by atoms with van der Waals surface area (Å²) in [5, 5.41) is 41.4. The largest absolute Gasteiger partial charge is 0.634 e. The molecule has 0 saturated carbocycles. The number of rotatable bonds is 5. The molecule has 0 radical (unpaired) electrons. The Labute approximate surface area is 72.2 Å². The lowest BCUT2D eigenvalue weighted by atomic mass is 10.1. The second kappa shape index (κ2) is 4.77. The number of carbonyl (C=O) groups is 2. The van der Waals surface area contributed by atoms with Crippen molar-refractivity contribution in [3.8, 4) is 0 Å². The zero-order valence-electron chi connectivity index (χ0n) is 6.19. The Bertz CT molecular complexity index is 202. The summed E-state index contributed by atoms with van der Waals surface area (Å²) in [6.45, 7) is 0. The van der Waals surface area contributed by atoms with Crippen LogP contribution in [0.25, 0.3) is 0 Å². The van der Waals surface area contributed by atoms with Gasteiger partial charge < -0.3 is 30.0 Å². The topological polar surface area (TPSA) is 145 Å². The Kier molecular flexibility index (Phi) is 4.35. The van der Waals surface area contributed by atoms with Crippen molar-refractivity contribution in [2.24, 2.45) is 0 Å². The van der Waals surface area contributed by atoms with Gasteiger partial charge in [0.1, 0.15) is 0 Å². The molecule has 9 heteroatoms. The molecule has 0 aromatic carbocycles. The first-order chi connectivity index (χ1) is 5.86. The summed E-state index contributed by atoms with van der Waals surface area (Å²) in [5.74, 6) is -3.66. The minimum absolute atomic E-state index is 1.82. The van der Waals surface area contributed by atoms with E-state index in [0.717, 1.165) is 0 Å². The van der Waals surface area contributed by atoms with Crippen LogP contribution in [0.1, 0.15) is 0 Å². The first kappa shape index (κ1) is 11.8. The smallest absolute Gasteiger partial charge is 0.479 e. The standard InChI is InChI=1S/C4H7BO8/c6-1(3(7)8)2(4(9)10)13-5(11)12/h1-2,6,11-12H,(H,7,8)(H,9,10). The zero-order valence-corrected chi connectivity index (χ0v) is 6.19. The van der Waals surface area contributed by atoms with Crippen LogP contribution in [0.5, 0.6) is 0 Å². The molecule has 0 rings (SSSR count). The molecule has 0 heterocycles. The monoisotopic (exact) mass is 194 g/mol. The van der Waals surface area contributed by atoms with E-state index in [0.29, 0.717) is 0 Å². The molecule has 13 heavy (non-hydrogen) atoms. The molecule has 74 valence electrons. The van der Waals surface area contributed by atoms with Crippen molar-refractivity contribution in [1.82, 2.24) is 0 Å². The molecule has 8 nitrogen and oxygen atoms in total. The summed E-state index contributed by atoms with van der Waals surface area (Å²) in [4.78, 5) is 20.3. The van der Waals surface area contributed by atoms with Gasteiger partial charge in [0.2, 0.25) is 0 Å². The normalized spacial score (nSPS) is 14.7. The van der Waals surface area contributed by atoms with Crippen LogP contribution in [-0.4, -0.2) is 56.8 Å². The fourth-order valence-electron chi connectivity index (χ4n) is 0.528. The Morgan fingerprint density at radius 1 is 1.15 bits per heavy atom. The van der Waals surface area contributed by atoms with Crippen molar-refractivity contribution in [3.63, 3.8) is 0 Å². The summed E-state index contributed by atoms with van der Waals surface area (Å²) in [5.41, 5.74) is 0. The van der Waals surface area contributed by atoms with E-state index >= 15 is 0 Å². The zero-order chi connectivity index (χ0) is 10.6. The molecule has 0 aliphatic heterocycles. The van der Waals surface area contributed by atoms with Gasteiger partial charge in [-0.1, -0.05) is 0 Å². The summed E-state index contributed by atoms with van der Waals surface area (Å²) in [6.07, 6.45) is -4.59. The number of hydrogen-bond acceptors (Lipinski definition) is 6. The van der Waals surface area contributed by atoms with Gasteiger partial charge in [0, 0.05) is 0 Å². The lowest BCUT2D eigenvalue weighted by Gasteiger charge is -2.15. The van der Waals surface area contributed by atoms with E-state index in [4.69, 9.17) is 25.4 Å². The third-order valence-electron chi connectivity index (χ3n) is 1.05. The number of hydrogen-bond donors (Lipinski definition) is 5. The quantitative estimate of drug-likeness (QED) is 0.289. The first-order valence-corrected chi connectivity index (χ1v) is 3.01. The van der Waals surface area contributed by atoms with Gasteiger partial charge in [-0.05, 0) is 0 Å². The third kappa shape index (κ3) is 3.85. The summed E-state index contributed by atoms with van der Waals surface area (Å²) in [6, 6.07) is 0. The average molecular weight is 194 g/mol. The molecular formula is C4H7BO8. The molecule has 0 spiro atoms. The van der Waals surface area contributed by atoms with Gasteiger partial charge in [-0.2, -0.15) is 0 Å². The van der Waals surface area contributed by atoms with E-state index in [9.17, 15) is 9.59 Å². The van der Waals surface area contributed by atoms with E-state index < -0.39 is 31.5 Å². The molecule has 0 amide bonds. The molecule has 0 saturated heterocycles. The van der Waals surface area contributed by atoms with Gasteiger partial charge in [-0.25, -0.2) is 9.59 Å². The van der Waals surface area contributed by atoms with Crippen LogP contribution in [0, 0.1) is 0 Å². The van der Waals surface area contributed by atoms with Crippen molar-refractivity contribution in [2.45, 2.75) is 12.2 Å². The molecule has 0 bridgehead atoms. The van der Waals surface area contributed by atoms with Crippen LogP contribution in [0.2, 0.25) is 0 Å². The minimum atomic E-state index is -2.46. The molecule has 0 aromatic heterocycles. The van der Waals surface area contributed by atoms with Gasteiger partial charge in [0.25, 0.3) is 0 Å². The van der Waals surface area contributed by atoms with E-state index in [1.807, 2.05) is 0 Å². The van der Waals surface area contributed by atoms with Gasteiger partial charge in [-0.3, -0.25) is 0 Å². The van der Waals surface area contributed by atoms with Crippen molar-refractivity contribution in [2.75, 3.05) is 0 Å². The van der Waals surface area contributed by atoms with Crippen LogP contribution in [0.15, 0.2) is 0 Å². The predicted octanol–water partition coefficient (Wildman–Crippen LogP) is -3.13. The summed E-state index contributed by atoms with van der Waals surface area (Å²) in [7, 11) is -2.46. The highest BCUT2D eigenvalue weighted by Gasteiger charge is 2.35. The van der Waals surface area contributed by atoms with Crippen LogP contribution in [0.4, 0.5) is 0 Å². The fraction of sp³-hybridized carbons (Fsp3) is 0.500. The highest BCUT2D eigenvalue weighted by atomic mass is 16.6. The van der Waals surface area contributed by atoms with Crippen molar-refractivity contribution in [3.05, 3.63) is 0 Å². The molecule has 0 fully saturated rings. The number of carboxylic acids is 2. The minimum Gasteiger partial charge on any atom is -0.479 e. The Balaban J connectivity index is 4.42. The van der Waals surface area contributed by atoms with Gasteiger partial charge in [-0.15, -0.1) is 0 Å². The van der Waals surface area contributed by atoms with E-state index in [1.54, 1.807) is 0 Å². The molecule has 2 atom stereocenters. The molecule has 0 aliphatic rings. The second-order valence-corrected chi connectivity index (χ2v) is 2.00. The number of aliphatic hydroxyl groups excluding tert-OH is 1. The summed E-state index contributed by atoms with van der Waals surface area (Å²) >= 11 is 0. The maximum Gasteiger partial charge on any atom is 0.634 e. The van der Waals surface area contributed by atoms with Crippen LogP contribution < -0.4 is 0 Å². The molecule has 0 aromatic rings. The highest BCUT2D eigenvalue weighted by Crippen LogP contribution is 2.01. The maximum absolute atomic E-state index is 10.2. The second-order valence-electron chi connectivity index (χ2n) is 2.00. The number of carboxylic acid groups (broad SMARTS) is 2. The van der Waals surface area contributed by atoms with Crippen molar-refractivity contribution in [1.29, 1.82) is 0 Å². The fourth-order valence-corrected chi connectivity index (χ4v) is 0.528.